The molecule has 0 aliphatic carbocycles. The minimum atomic E-state index is -0.755. The summed E-state index contributed by atoms with van der Waals surface area (Å²) in [5, 5.41) is 2.23. The van der Waals surface area contributed by atoms with E-state index in [0.29, 0.717) is 11.4 Å². The molecule has 1 N–H and O–H groups in total. The van der Waals surface area contributed by atoms with Crippen LogP contribution in [0.3, 0.4) is 0 Å². The normalized spacial score (nSPS) is 19.1. The van der Waals surface area contributed by atoms with Crippen LogP contribution in [0, 0.1) is 0 Å². The highest BCUT2D eigenvalue weighted by Gasteiger charge is 2.37. The number of imide groups is 2. The molecule has 1 aromatic carbocycles. The summed E-state index contributed by atoms with van der Waals surface area (Å²) in [5.74, 6) is -0.265. The molecule has 2 aliphatic rings. The zero-order chi connectivity index (χ0) is 20.4. The number of benzene rings is 1. The third-order valence-electron chi connectivity index (χ3n) is 5.27. The zero-order valence-corrected chi connectivity index (χ0v) is 16.3. The molecule has 2 saturated heterocycles. The van der Waals surface area contributed by atoms with Crippen molar-refractivity contribution in [2.24, 2.45) is 0 Å². The van der Waals surface area contributed by atoms with E-state index in [4.69, 9.17) is 4.42 Å². The SMILES string of the molecule is CCc1ccc(N2C(=O)NC(=O)C(=Cc3ccc(N4CCCCC4)o3)C2=O)cc1. The van der Waals surface area contributed by atoms with Crippen LogP contribution in [0.5, 0.6) is 0 Å². The van der Waals surface area contributed by atoms with Crippen LogP contribution in [-0.4, -0.2) is 30.9 Å². The Morgan fingerprint density at radius 1 is 1.00 bits per heavy atom. The van der Waals surface area contributed by atoms with E-state index in [-0.39, 0.29) is 5.57 Å². The summed E-state index contributed by atoms with van der Waals surface area (Å²) >= 11 is 0. The molecule has 7 nitrogen and oxygen atoms in total. The number of aryl methyl sites for hydroxylation is 1. The largest absolute Gasteiger partial charge is 0.441 e. The number of furan rings is 1. The lowest BCUT2D eigenvalue weighted by Gasteiger charge is -2.26. The van der Waals surface area contributed by atoms with Crippen LogP contribution < -0.4 is 15.1 Å². The zero-order valence-electron chi connectivity index (χ0n) is 16.3. The topological polar surface area (TPSA) is 82.9 Å². The van der Waals surface area contributed by atoms with Crippen molar-refractivity contribution in [1.82, 2.24) is 5.32 Å². The van der Waals surface area contributed by atoms with Gasteiger partial charge in [0.15, 0.2) is 5.88 Å². The summed E-state index contributed by atoms with van der Waals surface area (Å²) in [6.07, 6.45) is 5.69. The van der Waals surface area contributed by atoms with Crippen molar-refractivity contribution in [2.45, 2.75) is 32.6 Å². The minimum absolute atomic E-state index is 0.135. The summed E-state index contributed by atoms with van der Waals surface area (Å²) in [4.78, 5) is 40.7. The fourth-order valence-electron chi connectivity index (χ4n) is 3.62. The average Bonchev–Trinajstić information content (AvgIpc) is 3.21. The van der Waals surface area contributed by atoms with E-state index in [0.717, 1.165) is 48.7 Å². The quantitative estimate of drug-likeness (QED) is 0.635. The van der Waals surface area contributed by atoms with Crippen LogP contribution >= 0.6 is 0 Å². The number of nitrogens with one attached hydrogen (secondary N) is 1. The summed E-state index contributed by atoms with van der Waals surface area (Å²) in [6, 6.07) is 9.93. The van der Waals surface area contributed by atoms with Crippen LogP contribution in [0.25, 0.3) is 6.08 Å². The Kier molecular flexibility index (Phi) is 5.20. The molecule has 1 aromatic heterocycles. The number of rotatable bonds is 4. The van der Waals surface area contributed by atoms with E-state index >= 15 is 0 Å². The first kappa shape index (κ1) is 19.0. The summed E-state index contributed by atoms with van der Waals surface area (Å²) in [6.45, 7) is 3.88. The van der Waals surface area contributed by atoms with E-state index < -0.39 is 17.8 Å². The summed E-state index contributed by atoms with van der Waals surface area (Å²) in [7, 11) is 0. The molecule has 0 saturated carbocycles. The molecule has 4 amide bonds. The number of carbonyl (C=O) groups excluding carboxylic acids is 3. The molecular weight excluding hydrogens is 370 g/mol. The van der Waals surface area contributed by atoms with Crippen LogP contribution in [-0.2, 0) is 16.0 Å². The number of urea groups is 1. The van der Waals surface area contributed by atoms with Gasteiger partial charge in [-0.2, -0.15) is 0 Å². The van der Waals surface area contributed by atoms with Crippen LogP contribution in [0.1, 0.15) is 37.5 Å². The van der Waals surface area contributed by atoms with Crippen molar-refractivity contribution in [2.75, 3.05) is 22.9 Å². The molecule has 4 rings (SSSR count). The van der Waals surface area contributed by atoms with Crippen molar-refractivity contribution in [1.29, 1.82) is 0 Å². The number of hydrogen-bond acceptors (Lipinski definition) is 5. The standard InChI is InChI=1S/C22H23N3O4/c1-2-15-6-8-16(9-7-15)25-21(27)18(20(26)23-22(25)28)14-17-10-11-19(29-17)24-12-4-3-5-13-24/h6-11,14H,2-5,12-13H2,1H3,(H,23,26,28). The number of hydrogen-bond donors (Lipinski definition) is 1. The van der Waals surface area contributed by atoms with Crippen molar-refractivity contribution < 1.29 is 18.8 Å². The molecule has 0 bridgehead atoms. The molecule has 0 spiro atoms. The third-order valence-corrected chi connectivity index (χ3v) is 5.27. The van der Waals surface area contributed by atoms with Gasteiger partial charge in [0.1, 0.15) is 11.3 Å². The van der Waals surface area contributed by atoms with Gasteiger partial charge in [0, 0.05) is 19.2 Å². The van der Waals surface area contributed by atoms with Crippen LogP contribution in [0.2, 0.25) is 0 Å². The lowest BCUT2D eigenvalue weighted by molar-refractivity contribution is -0.122. The Bertz CT molecular complexity index is 968. The summed E-state index contributed by atoms with van der Waals surface area (Å²) in [5.41, 5.74) is 1.37. The molecule has 0 radical (unpaired) electrons. The van der Waals surface area contributed by atoms with Gasteiger partial charge in [-0.1, -0.05) is 19.1 Å². The van der Waals surface area contributed by atoms with Crippen molar-refractivity contribution in [3.8, 4) is 0 Å². The van der Waals surface area contributed by atoms with Gasteiger partial charge >= 0.3 is 6.03 Å². The Hall–Kier alpha value is -3.35. The van der Waals surface area contributed by atoms with Crippen LogP contribution in [0.4, 0.5) is 16.4 Å². The second kappa shape index (κ2) is 7.95. The Morgan fingerprint density at radius 2 is 1.72 bits per heavy atom. The number of nitrogens with zero attached hydrogens (tertiary/aromatic N) is 2. The van der Waals surface area contributed by atoms with Gasteiger partial charge in [-0.25, -0.2) is 9.69 Å². The minimum Gasteiger partial charge on any atom is -0.441 e. The lowest BCUT2D eigenvalue weighted by Crippen LogP contribution is -2.54. The predicted molar refractivity (Wildman–Crippen MR) is 110 cm³/mol. The Balaban J connectivity index is 1.60. The van der Waals surface area contributed by atoms with Gasteiger partial charge in [-0.05, 0) is 55.5 Å². The molecule has 0 atom stereocenters. The van der Waals surface area contributed by atoms with Gasteiger partial charge in [-0.15, -0.1) is 0 Å². The number of carbonyl (C=O) groups is 3. The highest BCUT2D eigenvalue weighted by atomic mass is 16.4. The van der Waals surface area contributed by atoms with Gasteiger partial charge in [0.25, 0.3) is 11.8 Å². The maximum atomic E-state index is 12.9. The lowest BCUT2D eigenvalue weighted by atomic mass is 10.1. The molecule has 150 valence electrons. The average molecular weight is 393 g/mol. The third kappa shape index (κ3) is 3.81. The number of anilines is 2. The molecule has 2 aromatic rings. The number of amides is 4. The van der Waals surface area contributed by atoms with Crippen molar-refractivity contribution in [3.05, 3.63) is 53.3 Å². The first-order valence-electron chi connectivity index (χ1n) is 9.92. The Labute approximate surface area is 169 Å². The van der Waals surface area contributed by atoms with E-state index in [9.17, 15) is 14.4 Å². The van der Waals surface area contributed by atoms with E-state index in [1.54, 1.807) is 18.2 Å². The smallest absolute Gasteiger partial charge is 0.335 e. The van der Waals surface area contributed by atoms with E-state index in [1.165, 1.54) is 12.5 Å². The highest BCUT2D eigenvalue weighted by molar-refractivity contribution is 6.39. The van der Waals surface area contributed by atoms with E-state index in [1.807, 2.05) is 25.1 Å². The fraction of sp³-hybridized carbons (Fsp3) is 0.318. The molecular formula is C22H23N3O4. The van der Waals surface area contributed by atoms with Gasteiger partial charge in [0.2, 0.25) is 0 Å². The van der Waals surface area contributed by atoms with Crippen LogP contribution in [0.15, 0.2) is 46.4 Å². The maximum absolute atomic E-state index is 12.9. The molecule has 2 fully saturated rings. The van der Waals surface area contributed by atoms with Crippen molar-refractivity contribution >= 4 is 35.5 Å². The first-order valence-corrected chi connectivity index (χ1v) is 9.92. The number of barbiturate groups is 1. The van der Waals surface area contributed by atoms with Gasteiger partial charge in [-0.3, -0.25) is 14.9 Å². The predicted octanol–water partition coefficient (Wildman–Crippen LogP) is 3.50. The monoisotopic (exact) mass is 393 g/mol. The molecule has 2 aliphatic heterocycles. The highest BCUT2D eigenvalue weighted by Crippen LogP contribution is 2.26. The molecule has 7 heteroatoms. The fourth-order valence-corrected chi connectivity index (χ4v) is 3.62. The van der Waals surface area contributed by atoms with E-state index in [2.05, 4.69) is 10.2 Å². The second-order valence-corrected chi connectivity index (χ2v) is 7.20. The second-order valence-electron chi connectivity index (χ2n) is 7.20. The van der Waals surface area contributed by atoms with Gasteiger partial charge in [0.05, 0.1) is 5.69 Å². The summed E-state index contributed by atoms with van der Waals surface area (Å²) < 4.78 is 5.83. The molecule has 29 heavy (non-hydrogen) atoms. The molecule has 0 unspecified atom stereocenters. The maximum Gasteiger partial charge on any atom is 0.335 e. The number of piperidine rings is 1. The van der Waals surface area contributed by atoms with Gasteiger partial charge < -0.3 is 9.32 Å². The van der Waals surface area contributed by atoms with Crippen molar-refractivity contribution in [3.63, 3.8) is 0 Å². The first-order chi connectivity index (χ1) is 14.1. The molecule has 3 heterocycles. The Morgan fingerprint density at radius 3 is 2.41 bits per heavy atom.